The van der Waals surface area contributed by atoms with Gasteiger partial charge in [-0.1, -0.05) is 13.8 Å². The fraction of sp³-hybridized carbons (Fsp3) is 0.519. The summed E-state index contributed by atoms with van der Waals surface area (Å²) in [4.78, 5) is 15.7. The Morgan fingerprint density at radius 3 is 2.65 bits per heavy atom. The molecule has 4 aromatic rings. The minimum Gasteiger partial charge on any atom is -0.367 e. The van der Waals surface area contributed by atoms with Crippen LogP contribution in [0.5, 0.6) is 0 Å². The van der Waals surface area contributed by atoms with Gasteiger partial charge in [0.1, 0.15) is 11.2 Å². The van der Waals surface area contributed by atoms with Crippen LogP contribution in [0.4, 0.5) is 0 Å². The summed E-state index contributed by atoms with van der Waals surface area (Å²) in [6.45, 7) is 12.8. The molecule has 0 aromatic carbocycles. The minimum atomic E-state index is -0.0110. The maximum Gasteiger partial charge on any atom is 0.158 e. The van der Waals surface area contributed by atoms with E-state index in [-0.39, 0.29) is 5.60 Å². The van der Waals surface area contributed by atoms with Gasteiger partial charge in [-0.2, -0.15) is 5.10 Å². The third-order valence-electron chi connectivity index (χ3n) is 8.17. The lowest BCUT2D eigenvalue weighted by atomic mass is 9.77. The predicted octanol–water partition coefficient (Wildman–Crippen LogP) is 6.49. The number of aromatic amines is 1. The smallest absolute Gasteiger partial charge is 0.158 e. The van der Waals surface area contributed by atoms with Crippen LogP contribution in [-0.2, 0) is 4.74 Å². The number of ether oxygens (including phenoxy) is 1. The standard InChI is InChI=1S/C27H33N5OS/c1-15(2)21-22-18(5)24(19-6-8-27(9-7-19)13-28-10-11-33-27)34-26(22)31-23(21)20-12-32-25(29-14-30-32)17(4)16(20)3/h10,12,14-15,19,31H,6-9,11,13H2,1-5H3. The molecule has 0 atom stereocenters. The van der Waals surface area contributed by atoms with Gasteiger partial charge in [0, 0.05) is 28.2 Å². The quantitative estimate of drug-likeness (QED) is 0.368. The summed E-state index contributed by atoms with van der Waals surface area (Å²) >= 11 is 1.97. The van der Waals surface area contributed by atoms with Gasteiger partial charge in [0.25, 0.3) is 0 Å². The maximum absolute atomic E-state index is 6.16. The van der Waals surface area contributed by atoms with Crippen molar-refractivity contribution in [2.24, 2.45) is 4.99 Å². The van der Waals surface area contributed by atoms with Gasteiger partial charge in [0.05, 0.1) is 24.4 Å². The number of fused-ring (bicyclic) bond motifs is 2. The highest BCUT2D eigenvalue weighted by molar-refractivity contribution is 7.19. The van der Waals surface area contributed by atoms with E-state index >= 15 is 0 Å². The van der Waals surface area contributed by atoms with Crippen LogP contribution < -0.4 is 0 Å². The molecule has 0 bridgehead atoms. The summed E-state index contributed by atoms with van der Waals surface area (Å²) in [6, 6.07) is 0. The highest BCUT2D eigenvalue weighted by Gasteiger charge is 2.38. The fourth-order valence-corrected chi connectivity index (χ4v) is 7.53. The number of nitrogens with zero attached hydrogens (tertiary/aromatic N) is 4. The van der Waals surface area contributed by atoms with Gasteiger partial charge in [-0.3, -0.25) is 4.99 Å². The Morgan fingerprint density at radius 1 is 1.15 bits per heavy atom. The van der Waals surface area contributed by atoms with Crippen LogP contribution >= 0.6 is 11.3 Å². The number of H-pyrrole nitrogens is 1. The van der Waals surface area contributed by atoms with Gasteiger partial charge in [0.15, 0.2) is 5.65 Å². The SMILES string of the molecule is Cc1c(-c2[nH]c3sc(C4CCC5(CC4)CN=CCO5)c(C)c3c2C(C)C)cn2ncnc2c1C. The van der Waals surface area contributed by atoms with Gasteiger partial charge in [-0.25, -0.2) is 9.50 Å². The van der Waals surface area contributed by atoms with Gasteiger partial charge < -0.3 is 9.72 Å². The average molecular weight is 476 g/mol. The summed E-state index contributed by atoms with van der Waals surface area (Å²) in [5, 5.41) is 5.86. The Labute approximate surface area is 204 Å². The molecule has 6 rings (SSSR count). The van der Waals surface area contributed by atoms with Crippen molar-refractivity contribution in [3.63, 3.8) is 0 Å². The zero-order chi connectivity index (χ0) is 23.6. The number of nitrogens with one attached hydrogen (secondary N) is 1. The van der Waals surface area contributed by atoms with Crippen LogP contribution in [0.3, 0.4) is 0 Å². The first kappa shape index (κ1) is 22.0. The van der Waals surface area contributed by atoms with E-state index in [4.69, 9.17) is 4.74 Å². The molecule has 178 valence electrons. The van der Waals surface area contributed by atoms with Gasteiger partial charge >= 0.3 is 0 Å². The van der Waals surface area contributed by atoms with E-state index in [1.165, 1.54) is 56.6 Å². The van der Waals surface area contributed by atoms with Gasteiger partial charge in [0.2, 0.25) is 0 Å². The predicted molar refractivity (Wildman–Crippen MR) is 140 cm³/mol. The van der Waals surface area contributed by atoms with E-state index in [1.807, 2.05) is 22.1 Å². The fourth-order valence-electron chi connectivity index (χ4n) is 6.13. The van der Waals surface area contributed by atoms with Crippen LogP contribution in [0.25, 0.3) is 27.1 Å². The Balaban J connectivity index is 1.41. The van der Waals surface area contributed by atoms with Crippen LogP contribution in [0.1, 0.15) is 78.5 Å². The van der Waals surface area contributed by atoms with Crippen LogP contribution in [0.15, 0.2) is 17.5 Å². The molecule has 34 heavy (non-hydrogen) atoms. The minimum absolute atomic E-state index is 0.0110. The number of hydrogen-bond donors (Lipinski definition) is 1. The zero-order valence-corrected chi connectivity index (χ0v) is 21.6. The Morgan fingerprint density at radius 2 is 1.94 bits per heavy atom. The molecule has 1 spiro atoms. The monoisotopic (exact) mass is 475 g/mol. The molecule has 1 saturated carbocycles. The molecule has 1 aliphatic carbocycles. The molecule has 0 saturated heterocycles. The van der Waals surface area contributed by atoms with Gasteiger partial charge in [-0.05, 0) is 80.5 Å². The zero-order valence-electron chi connectivity index (χ0n) is 20.7. The number of aryl methyl sites for hydroxylation is 2. The maximum atomic E-state index is 6.16. The van der Waals surface area contributed by atoms with E-state index < -0.39 is 0 Å². The lowest BCUT2D eigenvalue weighted by Gasteiger charge is -2.40. The normalized spacial score (nSPS) is 23.2. The first-order valence-electron chi connectivity index (χ1n) is 12.5. The first-order valence-corrected chi connectivity index (χ1v) is 13.3. The molecule has 0 radical (unpaired) electrons. The van der Waals surface area contributed by atoms with Gasteiger partial charge in [-0.15, -0.1) is 11.3 Å². The Hall–Kier alpha value is -2.51. The van der Waals surface area contributed by atoms with E-state index in [0.29, 0.717) is 18.4 Å². The molecule has 7 heteroatoms. The first-order chi connectivity index (χ1) is 16.4. The van der Waals surface area contributed by atoms with Crippen LogP contribution in [0, 0.1) is 20.8 Å². The molecule has 6 nitrogen and oxygen atoms in total. The molecule has 0 amide bonds. The van der Waals surface area contributed by atoms with Crippen molar-refractivity contribution in [1.29, 1.82) is 0 Å². The van der Waals surface area contributed by atoms with Crippen molar-refractivity contribution in [3.8, 4) is 11.3 Å². The molecular weight excluding hydrogens is 442 g/mol. The lowest BCUT2D eigenvalue weighted by Crippen LogP contribution is -2.42. The van der Waals surface area contributed by atoms with Crippen LogP contribution in [-0.4, -0.2) is 44.5 Å². The number of aliphatic imine (C=N–C) groups is 1. The average Bonchev–Trinajstić information content (AvgIpc) is 3.52. The highest BCUT2D eigenvalue weighted by Crippen LogP contribution is 2.49. The topological polar surface area (TPSA) is 67.6 Å². The van der Waals surface area contributed by atoms with Crippen molar-refractivity contribution in [2.45, 2.75) is 77.7 Å². The largest absolute Gasteiger partial charge is 0.367 e. The summed E-state index contributed by atoms with van der Waals surface area (Å²) in [5.74, 6) is 1.03. The lowest BCUT2D eigenvalue weighted by molar-refractivity contribution is -0.0531. The number of aromatic nitrogens is 4. The molecule has 2 aliphatic rings. The highest BCUT2D eigenvalue weighted by atomic mass is 32.1. The van der Waals surface area contributed by atoms with Crippen LogP contribution in [0.2, 0.25) is 0 Å². The summed E-state index contributed by atoms with van der Waals surface area (Å²) in [5.41, 5.74) is 8.72. The summed E-state index contributed by atoms with van der Waals surface area (Å²) in [6.07, 6.45) is 10.3. The Bertz CT molecular complexity index is 1410. The number of pyridine rings is 1. The summed E-state index contributed by atoms with van der Waals surface area (Å²) < 4.78 is 8.07. The molecule has 1 fully saturated rings. The third-order valence-corrected chi connectivity index (χ3v) is 9.54. The molecular formula is C27H33N5OS. The van der Waals surface area contributed by atoms with E-state index in [2.05, 4.69) is 60.9 Å². The second-order valence-electron chi connectivity index (χ2n) is 10.5. The van der Waals surface area contributed by atoms with Crippen molar-refractivity contribution < 1.29 is 4.74 Å². The molecule has 1 aliphatic heterocycles. The molecule has 4 aromatic heterocycles. The molecule has 5 heterocycles. The van der Waals surface area contributed by atoms with Crippen molar-refractivity contribution in [1.82, 2.24) is 19.6 Å². The second-order valence-corrected chi connectivity index (χ2v) is 11.5. The number of thiophene rings is 1. The Kier molecular flexibility index (Phi) is 5.19. The second kappa shape index (κ2) is 8.02. The molecule has 1 N–H and O–H groups in total. The number of hydrogen-bond acceptors (Lipinski definition) is 5. The van der Waals surface area contributed by atoms with Crippen molar-refractivity contribution in [3.05, 3.63) is 39.7 Å². The number of rotatable bonds is 3. The van der Waals surface area contributed by atoms with Crippen molar-refractivity contribution in [2.75, 3.05) is 13.2 Å². The molecule has 0 unspecified atom stereocenters. The van der Waals surface area contributed by atoms with E-state index in [0.717, 1.165) is 25.0 Å². The third kappa shape index (κ3) is 3.28. The van der Waals surface area contributed by atoms with Crippen molar-refractivity contribution >= 4 is 33.4 Å². The van der Waals surface area contributed by atoms with E-state index in [1.54, 1.807) is 11.2 Å². The van der Waals surface area contributed by atoms with E-state index in [9.17, 15) is 0 Å². The summed E-state index contributed by atoms with van der Waals surface area (Å²) in [7, 11) is 0.